The van der Waals surface area contributed by atoms with E-state index in [0.717, 1.165) is 10.9 Å². The number of nitrogens with one attached hydrogen (secondary N) is 3. The number of methoxy groups -OCH3 is 1. The molecule has 0 aromatic heterocycles. The summed E-state index contributed by atoms with van der Waals surface area (Å²) in [6.45, 7) is 5.52. The van der Waals surface area contributed by atoms with E-state index >= 15 is 0 Å². The van der Waals surface area contributed by atoms with Gasteiger partial charge in [-0.1, -0.05) is 41.9 Å². The summed E-state index contributed by atoms with van der Waals surface area (Å²) in [5, 5.41) is 8.42. The molecular formula is C23H28BrN3O4S. The highest BCUT2D eigenvalue weighted by Crippen LogP contribution is 2.24. The molecule has 0 saturated carbocycles. The smallest absolute Gasteiger partial charge is 0.261 e. The number of benzene rings is 2. The normalized spacial score (nSPS) is 10.5. The molecule has 0 unspecified atom stereocenters. The van der Waals surface area contributed by atoms with E-state index in [1.807, 2.05) is 6.07 Å². The van der Waals surface area contributed by atoms with Crippen LogP contribution in [0.3, 0.4) is 0 Å². The zero-order chi connectivity index (χ0) is 23.5. The monoisotopic (exact) mass is 521 g/mol. The average Bonchev–Trinajstić information content (AvgIpc) is 2.74. The highest BCUT2D eigenvalue weighted by atomic mass is 79.9. The van der Waals surface area contributed by atoms with Crippen LogP contribution in [0.4, 0.5) is 5.69 Å². The van der Waals surface area contributed by atoms with Crippen LogP contribution < -0.4 is 20.7 Å². The molecule has 0 saturated heterocycles. The topological polar surface area (TPSA) is 88.7 Å². The van der Waals surface area contributed by atoms with E-state index in [2.05, 4.69) is 45.7 Å². The minimum absolute atomic E-state index is 0.0697. The number of thiocarbonyl (C=S) groups is 1. The van der Waals surface area contributed by atoms with Gasteiger partial charge in [0.15, 0.2) is 5.11 Å². The zero-order valence-corrected chi connectivity index (χ0v) is 20.8. The van der Waals surface area contributed by atoms with Gasteiger partial charge in [0.05, 0.1) is 30.0 Å². The van der Waals surface area contributed by atoms with E-state index < -0.39 is 5.91 Å². The lowest BCUT2D eigenvalue weighted by Crippen LogP contribution is -2.35. The first-order valence-corrected chi connectivity index (χ1v) is 11.4. The number of hydrogen-bond acceptors (Lipinski definition) is 5. The Balaban J connectivity index is 2.07. The lowest BCUT2D eigenvalue weighted by molar-refractivity contribution is 0.0936. The number of anilines is 1. The van der Waals surface area contributed by atoms with Crippen molar-refractivity contribution < 1.29 is 19.1 Å². The van der Waals surface area contributed by atoms with Crippen LogP contribution in [0.1, 0.15) is 41.0 Å². The summed E-state index contributed by atoms with van der Waals surface area (Å²) in [5.74, 6) is 0.288. The van der Waals surface area contributed by atoms with Crippen LogP contribution in [0.15, 0.2) is 46.9 Å². The Labute approximate surface area is 202 Å². The molecule has 0 radical (unpaired) electrons. The molecule has 0 spiro atoms. The highest BCUT2D eigenvalue weighted by Gasteiger charge is 2.17. The van der Waals surface area contributed by atoms with Gasteiger partial charge in [0.25, 0.3) is 11.8 Å². The Bertz CT molecular complexity index is 953. The van der Waals surface area contributed by atoms with Gasteiger partial charge in [0.2, 0.25) is 0 Å². The minimum Gasteiger partial charge on any atom is -0.493 e. The van der Waals surface area contributed by atoms with Crippen LogP contribution in [0.25, 0.3) is 0 Å². The molecule has 3 N–H and O–H groups in total. The molecule has 2 rings (SSSR count). The van der Waals surface area contributed by atoms with Gasteiger partial charge in [-0.15, -0.1) is 0 Å². The summed E-state index contributed by atoms with van der Waals surface area (Å²) >= 11 is 8.71. The third-order valence-corrected chi connectivity index (χ3v) is 5.08. The Morgan fingerprint density at radius 1 is 1.06 bits per heavy atom. The first-order chi connectivity index (χ1) is 15.3. The summed E-state index contributed by atoms with van der Waals surface area (Å²) in [6, 6.07) is 12.1. The zero-order valence-electron chi connectivity index (χ0n) is 18.4. The van der Waals surface area contributed by atoms with Gasteiger partial charge in [0.1, 0.15) is 5.75 Å². The second kappa shape index (κ2) is 13.1. The maximum absolute atomic E-state index is 12.9. The molecule has 0 fully saturated rings. The molecule has 0 aliphatic rings. The van der Waals surface area contributed by atoms with Gasteiger partial charge < -0.3 is 20.1 Å². The molecule has 0 bridgehead atoms. The summed E-state index contributed by atoms with van der Waals surface area (Å²) in [4.78, 5) is 25.3. The number of hydrogen-bond donors (Lipinski definition) is 3. The number of ether oxygens (including phenoxy) is 2. The van der Waals surface area contributed by atoms with Gasteiger partial charge in [-0.05, 0) is 54.9 Å². The van der Waals surface area contributed by atoms with Crippen molar-refractivity contribution in [2.24, 2.45) is 5.92 Å². The first kappa shape index (κ1) is 25.8. The van der Waals surface area contributed by atoms with Crippen molar-refractivity contribution in [3.63, 3.8) is 0 Å². The molecule has 0 atom stereocenters. The Kier molecular flexibility index (Phi) is 10.6. The molecule has 2 aromatic rings. The van der Waals surface area contributed by atoms with Gasteiger partial charge in [-0.2, -0.15) is 0 Å². The molecule has 0 aliphatic heterocycles. The first-order valence-electron chi connectivity index (χ1n) is 10.2. The van der Waals surface area contributed by atoms with Crippen LogP contribution in [-0.2, 0) is 4.74 Å². The van der Waals surface area contributed by atoms with Crippen LogP contribution in [0.2, 0.25) is 0 Å². The molecule has 2 aromatic carbocycles. The van der Waals surface area contributed by atoms with Crippen molar-refractivity contribution in [1.29, 1.82) is 0 Å². The van der Waals surface area contributed by atoms with Crippen molar-refractivity contribution in [2.75, 3.05) is 32.2 Å². The fraction of sp³-hybridized carbons (Fsp3) is 0.348. The lowest BCUT2D eigenvalue weighted by Gasteiger charge is -2.15. The van der Waals surface area contributed by atoms with E-state index in [-0.39, 0.29) is 11.0 Å². The Morgan fingerprint density at radius 3 is 2.53 bits per heavy atom. The predicted octanol–water partition coefficient (Wildman–Crippen LogP) is 4.38. The molecule has 172 valence electrons. The predicted molar refractivity (Wildman–Crippen MR) is 133 cm³/mol. The number of carbonyl (C=O) groups is 2. The van der Waals surface area contributed by atoms with Gasteiger partial charge >= 0.3 is 0 Å². The van der Waals surface area contributed by atoms with Gasteiger partial charge in [0, 0.05) is 18.1 Å². The minimum atomic E-state index is -0.412. The summed E-state index contributed by atoms with van der Waals surface area (Å²) in [7, 11) is 1.56. The third-order valence-electron chi connectivity index (χ3n) is 4.38. The van der Waals surface area contributed by atoms with E-state index in [4.69, 9.17) is 21.7 Å². The fourth-order valence-corrected chi connectivity index (χ4v) is 3.25. The van der Waals surface area contributed by atoms with E-state index in [9.17, 15) is 9.59 Å². The lowest BCUT2D eigenvalue weighted by atomic mass is 10.1. The summed E-state index contributed by atoms with van der Waals surface area (Å²) in [6.07, 6.45) is 0.875. The van der Waals surface area contributed by atoms with E-state index in [1.54, 1.807) is 43.5 Å². The number of amides is 2. The molecule has 0 aliphatic carbocycles. The third kappa shape index (κ3) is 8.22. The number of halogens is 1. The number of para-hydroxylation sites is 1. The summed E-state index contributed by atoms with van der Waals surface area (Å²) in [5.41, 5.74) is 1.24. The van der Waals surface area contributed by atoms with Crippen molar-refractivity contribution in [1.82, 2.24) is 10.6 Å². The molecular weight excluding hydrogens is 494 g/mol. The van der Waals surface area contributed by atoms with E-state index in [0.29, 0.717) is 48.2 Å². The number of rotatable bonds is 10. The quantitative estimate of drug-likeness (QED) is 0.317. The Morgan fingerprint density at radius 2 is 1.81 bits per heavy atom. The highest BCUT2D eigenvalue weighted by molar-refractivity contribution is 9.10. The fourth-order valence-electron chi connectivity index (χ4n) is 2.69. The van der Waals surface area contributed by atoms with E-state index in [1.165, 1.54) is 0 Å². The average molecular weight is 522 g/mol. The Hall–Kier alpha value is -2.49. The molecule has 7 nitrogen and oxygen atoms in total. The SMILES string of the molecule is COCCNC(=O)c1ccccc1NC(=S)NC(=O)c1cc(Br)ccc1OCCC(C)C. The van der Waals surface area contributed by atoms with Crippen LogP contribution in [0.5, 0.6) is 5.75 Å². The van der Waals surface area contributed by atoms with Crippen molar-refractivity contribution in [2.45, 2.75) is 20.3 Å². The standard InChI is InChI=1S/C23H28BrN3O4S/c1-15(2)10-12-31-20-9-8-16(24)14-18(20)22(29)27-23(32)26-19-7-5-4-6-17(19)21(28)25-11-13-30-3/h4-9,14-15H,10-13H2,1-3H3,(H,25,28)(H2,26,27,29,32). The van der Waals surface area contributed by atoms with Crippen molar-refractivity contribution >= 4 is 50.8 Å². The van der Waals surface area contributed by atoms with Crippen LogP contribution in [-0.4, -0.2) is 43.8 Å². The second-order valence-corrected chi connectivity index (χ2v) is 8.70. The largest absolute Gasteiger partial charge is 0.493 e. The maximum Gasteiger partial charge on any atom is 0.261 e. The van der Waals surface area contributed by atoms with Crippen LogP contribution in [0, 0.1) is 5.92 Å². The summed E-state index contributed by atoms with van der Waals surface area (Å²) < 4.78 is 11.5. The molecule has 0 heterocycles. The maximum atomic E-state index is 12.9. The van der Waals surface area contributed by atoms with Gasteiger partial charge in [-0.25, -0.2) is 0 Å². The van der Waals surface area contributed by atoms with Gasteiger partial charge in [-0.3, -0.25) is 14.9 Å². The van der Waals surface area contributed by atoms with Crippen molar-refractivity contribution in [3.8, 4) is 5.75 Å². The van der Waals surface area contributed by atoms with Crippen LogP contribution >= 0.6 is 28.1 Å². The number of carbonyl (C=O) groups excluding carboxylic acids is 2. The molecule has 2 amide bonds. The molecule has 32 heavy (non-hydrogen) atoms. The molecule has 9 heteroatoms. The second-order valence-electron chi connectivity index (χ2n) is 7.37. The van der Waals surface area contributed by atoms with Crippen molar-refractivity contribution in [3.05, 3.63) is 58.1 Å².